The van der Waals surface area contributed by atoms with Crippen LogP contribution in [0.5, 0.6) is 0 Å². The molecule has 2 aliphatic carbocycles. The van der Waals surface area contributed by atoms with E-state index in [9.17, 15) is 9.59 Å². The minimum absolute atomic E-state index is 0.104. The Morgan fingerprint density at radius 2 is 1.28 bits per heavy atom. The van der Waals surface area contributed by atoms with Gasteiger partial charge < -0.3 is 20.1 Å². The summed E-state index contributed by atoms with van der Waals surface area (Å²) in [6.45, 7) is 1.03. The molecule has 178 valence electrons. The van der Waals surface area contributed by atoms with Crippen LogP contribution in [0.2, 0.25) is 0 Å². The number of carbonyl (C=O) groups excluding carboxylic acids is 2. The third kappa shape index (κ3) is 8.21. The predicted molar refractivity (Wildman–Crippen MR) is 125 cm³/mol. The number of benzene rings is 1. The highest BCUT2D eigenvalue weighted by Crippen LogP contribution is 2.29. The highest BCUT2D eigenvalue weighted by Gasteiger charge is 2.24. The molecule has 2 N–H and O–H groups in total. The molecule has 4 atom stereocenters. The molecule has 0 aliphatic heterocycles. The Kier molecular flexibility index (Phi) is 10.0. The number of hydrogen-bond acceptors (Lipinski definition) is 4. The van der Waals surface area contributed by atoms with E-state index in [4.69, 9.17) is 9.47 Å². The molecule has 4 unspecified atom stereocenters. The molecular formula is C26H40N2O4. The molecule has 6 heteroatoms. The molecule has 0 saturated heterocycles. The number of ether oxygens (including phenoxy) is 2. The van der Waals surface area contributed by atoms with Gasteiger partial charge in [-0.25, -0.2) is 0 Å². The first-order valence-electron chi connectivity index (χ1n) is 12.2. The molecule has 0 heterocycles. The number of hydrogen-bond donors (Lipinski definition) is 2. The van der Waals surface area contributed by atoms with E-state index < -0.39 is 0 Å². The van der Waals surface area contributed by atoms with Crippen molar-refractivity contribution >= 4 is 11.8 Å². The van der Waals surface area contributed by atoms with E-state index in [1.165, 1.54) is 0 Å². The highest BCUT2D eigenvalue weighted by molar-refractivity contribution is 5.76. The average Bonchev–Trinajstić information content (AvgIpc) is 2.82. The molecule has 0 radical (unpaired) electrons. The fourth-order valence-electron chi connectivity index (χ4n) is 5.20. The van der Waals surface area contributed by atoms with Gasteiger partial charge in [-0.15, -0.1) is 0 Å². The molecule has 0 aromatic heterocycles. The summed E-state index contributed by atoms with van der Waals surface area (Å²) >= 11 is 0. The van der Waals surface area contributed by atoms with Crippen LogP contribution in [0, 0.1) is 11.8 Å². The van der Waals surface area contributed by atoms with Gasteiger partial charge in [-0.1, -0.05) is 37.1 Å². The Hall–Kier alpha value is -1.92. The van der Waals surface area contributed by atoms with E-state index in [-0.39, 0.29) is 11.8 Å². The van der Waals surface area contributed by atoms with Gasteiger partial charge in [0.25, 0.3) is 0 Å². The Bertz CT molecular complexity index is 681. The van der Waals surface area contributed by atoms with Crippen LogP contribution in [-0.2, 0) is 32.2 Å². The SMILES string of the molecule is COC1CCCC(CC(=O)NCc2cccc(CNC(=O)CC3CCCC(OC)C3)c2)C1. The summed E-state index contributed by atoms with van der Waals surface area (Å²) in [7, 11) is 3.52. The molecule has 3 rings (SSSR count). The van der Waals surface area contributed by atoms with Gasteiger partial charge in [0.05, 0.1) is 12.2 Å². The van der Waals surface area contributed by atoms with Crippen molar-refractivity contribution in [1.29, 1.82) is 0 Å². The molecule has 1 aromatic rings. The second-order valence-electron chi connectivity index (χ2n) is 9.56. The van der Waals surface area contributed by atoms with Crippen molar-refractivity contribution in [2.24, 2.45) is 11.8 Å². The zero-order valence-corrected chi connectivity index (χ0v) is 19.7. The summed E-state index contributed by atoms with van der Waals surface area (Å²) in [5.41, 5.74) is 2.11. The number of carbonyl (C=O) groups is 2. The van der Waals surface area contributed by atoms with E-state index in [1.807, 2.05) is 18.2 Å². The number of methoxy groups -OCH3 is 2. The largest absolute Gasteiger partial charge is 0.381 e. The summed E-state index contributed by atoms with van der Waals surface area (Å²) in [4.78, 5) is 24.8. The Labute approximate surface area is 192 Å². The van der Waals surface area contributed by atoms with E-state index >= 15 is 0 Å². The lowest BCUT2D eigenvalue weighted by Gasteiger charge is -2.27. The molecule has 6 nitrogen and oxygen atoms in total. The smallest absolute Gasteiger partial charge is 0.220 e. The third-order valence-electron chi connectivity index (χ3n) is 7.05. The van der Waals surface area contributed by atoms with E-state index in [1.54, 1.807) is 14.2 Å². The quantitative estimate of drug-likeness (QED) is 0.569. The molecule has 2 fully saturated rings. The predicted octanol–water partition coefficient (Wildman–Crippen LogP) is 4.11. The van der Waals surface area contributed by atoms with Gasteiger partial charge in [0.15, 0.2) is 0 Å². The Morgan fingerprint density at radius 1 is 0.812 bits per heavy atom. The average molecular weight is 445 g/mol. The van der Waals surface area contributed by atoms with Crippen LogP contribution in [-0.4, -0.2) is 38.2 Å². The first-order chi connectivity index (χ1) is 15.6. The maximum absolute atomic E-state index is 12.4. The first-order valence-corrected chi connectivity index (χ1v) is 12.2. The van der Waals surface area contributed by atoms with Crippen LogP contribution in [0.15, 0.2) is 24.3 Å². The maximum atomic E-state index is 12.4. The summed E-state index contributed by atoms with van der Waals surface area (Å²) in [5, 5.41) is 6.11. The standard InChI is InChI=1S/C26H40N2O4/c1-31-23-10-4-6-19(13-23)15-25(29)27-17-21-8-3-9-22(12-21)18-28-26(30)16-20-7-5-11-24(14-20)32-2/h3,8-9,12,19-20,23-24H,4-7,10-11,13-18H2,1-2H3,(H,27,29)(H,28,30). The maximum Gasteiger partial charge on any atom is 0.220 e. The topological polar surface area (TPSA) is 76.7 Å². The monoisotopic (exact) mass is 444 g/mol. The fourth-order valence-corrected chi connectivity index (χ4v) is 5.20. The van der Waals surface area contributed by atoms with Crippen LogP contribution in [0.4, 0.5) is 0 Å². The molecule has 2 saturated carbocycles. The molecular weight excluding hydrogens is 404 g/mol. The number of nitrogens with one attached hydrogen (secondary N) is 2. The zero-order valence-electron chi connectivity index (χ0n) is 19.7. The summed E-state index contributed by atoms with van der Waals surface area (Å²) in [6.07, 6.45) is 10.4. The van der Waals surface area contributed by atoms with Crippen LogP contribution < -0.4 is 10.6 Å². The lowest BCUT2D eigenvalue weighted by molar-refractivity contribution is -0.123. The lowest BCUT2D eigenvalue weighted by atomic mass is 9.85. The van der Waals surface area contributed by atoms with Crippen LogP contribution in [0.1, 0.15) is 75.3 Å². The first kappa shape index (κ1) is 24.7. The van der Waals surface area contributed by atoms with E-state index in [2.05, 4.69) is 16.7 Å². The van der Waals surface area contributed by atoms with E-state index in [0.717, 1.165) is 62.5 Å². The van der Waals surface area contributed by atoms with Gasteiger partial charge in [-0.2, -0.15) is 0 Å². The van der Waals surface area contributed by atoms with Crippen molar-refractivity contribution < 1.29 is 19.1 Å². The van der Waals surface area contributed by atoms with Crippen molar-refractivity contribution in [3.8, 4) is 0 Å². The molecule has 1 aromatic carbocycles. The van der Waals surface area contributed by atoms with Crippen molar-refractivity contribution in [1.82, 2.24) is 10.6 Å². The highest BCUT2D eigenvalue weighted by atomic mass is 16.5. The van der Waals surface area contributed by atoms with Crippen molar-refractivity contribution in [2.75, 3.05) is 14.2 Å². The van der Waals surface area contributed by atoms with E-state index in [0.29, 0.717) is 50.0 Å². The Morgan fingerprint density at radius 3 is 1.72 bits per heavy atom. The van der Waals surface area contributed by atoms with Gasteiger partial charge in [-0.3, -0.25) is 9.59 Å². The normalized spacial score (nSPS) is 25.8. The van der Waals surface area contributed by atoms with Crippen molar-refractivity contribution in [2.45, 2.75) is 89.5 Å². The van der Waals surface area contributed by atoms with Crippen molar-refractivity contribution in [3.63, 3.8) is 0 Å². The minimum Gasteiger partial charge on any atom is -0.381 e. The Balaban J connectivity index is 1.38. The van der Waals surface area contributed by atoms with Crippen LogP contribution >= 0.6 is 0 Å². The van der Waals surface area contributed by atoms with Gasteiger partial charge in [0, 0.05) is 40.2 Å². The molecule has 0 spiro atoms. The summed E-state index contributed by atoms with van der Waals surface area (Å²) < 4.78 is 10.9. The number of amides is 2. The fraction of sp³-hybridized carbons (Fsp3) is 0.692. The summed E-state index contributed by atoms with van der Waals surface area (Å²) in [5.74, 6) is 1.04. The second kappa shape index (κ2) is 12.9. The van der Waals surface area contributed by atoms with Gasteiger partial charge in [-0.05, 0) is 61.5 Å². The zero-order chi connectivity index (χ0) is 22.8. The molecule has 2 amide bonds. The third-order valence-corrected chi connectivity index (χ3v) is 7.05. The van der Waals surface area contributed by atoms with Gasteiger partial charge in [0.2, 0.25) is 11.8 Å². The van der Waals surface area contributed by atoms with Gasteiger partial charge in [0.1, 0.15) is 0 Å². The number of rotatable bonds is 10. The summed E-state index contributed by atoms with van der Waals surface area (Å²) in [6, 6.07) is 8.07. The molecule has 2 aliphatic rings. The molecule has 32 heavy (non-hydrogen) atoms. The second-order valence-corrected chi connectivity index (χ2v) is 9.56. The van der Waals surface area contributed by atoms with Crippen LogP contribution in [0.3, 0.4) is 0 Å². The lowest BCUT2D eigenvalue weighted by Crippen LogP contribution is -2.29. The van der Waals surface area contributed by atoms with Crippen molar-refractivity contribution in [3.05, 3.63) is 35.4 Å². The molecule has 0 bridgehead atoms. The van der Waals surface area contributed by atoms with Gasteiger partial charge >= 0.3 is 0 Å². The van der Waals surface area contributed by atoms with Crippen LogP contribution in [0.25, 0.3) is 0 Å². The minimum atomic E-state index is 0.104.